The molecule has 0 aromatic rings. The van der Waals surface area contributed by atoms with Gasteiger partial charge in [0.15, 0.2) is 0 Å². The van der Waals surface area contributed by atoms with E-state index in [1.165, 1.54) is 0 Å². The summed E-state index contributed by atoms with van der Waals surface area (Å²) in [6, 6.07) is 0.106. The summed E-state index contributed by atoms with van der Waals surface area (Å²) in [6.07, 6.45) is 3.13. The van der Waals surface area contributed by atoms with E-state index in [1.54, 1.807) is 0 Å². The molecule has 0 aromatic heterocycles. The van der Waals surface area contributed by atoms with Gasteiger partial charge in [-0.1, -0.05) is 13.8 Å². The van der Waals surface area contributed by atoms with Crippen LogP contribution in [0.5, 0.6) is 0 Å². The second kappa shape index (κ2) is 5.98. The molecule has 0 spiro atoms. The van der Waals surface area contributed by atoms with E-state index < -0.39 is 10.0 Å². The molecule has 4 nitrogen and oxygen atoms in total. The maximum absolute atomic E-state index is 11.7. The van der Waals surface area contributed by atoms with Crippen LogP contribution >= 0.6 is 0 Å². The molecule has 2 N–H and O–H groups in total. The zero-order valence-electron chi connectivity index (χ0n) is 10.1. The molecule has 1 fully saturated rings. The summed E-state index contributed by atoms with van der Waals surface area (Å²) >= 11 is 0. The van der Waals surface area contributed by atoms with Crippen molar-refractivity contribution in [2.24, 2.45) is 11.8 Å². The monoisotopic (exact) mass is 249 g/mol. The van der Waals surface area contributed by atoms with Crippen LogP contribution in [0.15, 0.2) is 0 Å². The largest absolute Gasteiger partial charge is 0.396 e. The smallest absolute Gasteiger partial charge is 0.211 e. The standard InChI is InChI=1S/C11H23NO3S/c1-9-5-6-11(10(9)2)12-16(14,15)8-4-3-7-13/h9-13H,3-8H2,1-2H3. The van der Waals surface area contributed by atoms with Crippen molar-refractivity contribution >= 4 is 10.0 Å². The number of unbranched alkanes of at least 4 members (excludes halogenated alkanes) is 1. The number of nitrogens with one attached hydrogen (secondary N) is 1. The van der Waals surface area contributed by atoms with Crippen LogP contribution in [-0.4, -0.2) is 31.9 Å². The van der Waals surface area contributed by atoms with Crippen molar-refractivity contribution in [2.45, 2.75) is 45.6 Å². The minimum Gasteiger partial charge on any atom is -0.396 e. The van der Waals surface area contributed by atoms with Gasteiger partial charge in [-0.25, -0.2) is 13.1 Å². The Morgan fingerprint density at radius 3 is 2.44 bits per heavy atom. The zero-order chi connectivity index (χ0) is 12.2. The SMILES string of the molecule is CC1CCC(NS(=O)(=O)CCCCO)C1C. The molecule has 5 heteroatoms. The van der Waals surface area contributed by atoms with Crippen LogP contribution in [0.2, 0.25) is 0 Å². The molecule has 96 valence electrons. The molecule has 1 rings (SSSR count). The lowest BCUT2D eigenvalue weighted by Gasteiger charge is -2.19. The first-order chi connectivity index (χ1) is 7.46. The van der Waals surface area contributed by atoms with Gasteiger partial charge in [0, 0.05) is 12.6 Å². The molecular formula is C11H23NO3S. The summed E-state index contributed by atoms with van der Waals surface area (Å²) in [5.41, 5.74) is 0. The summed E-state index contributed by atoms with van der Waals surface area (Å²) in [6.45, 7) is 4.34. The fourth-order valence-electron chi connectivity index (χ4n) is 2.22. The summed E-state index contributed by atoms with van der Waals surface area (Å²) in [4.78, 5) is 0. The molecule has 1 aliphatic carbocycles. The van der Waals surface area contributed by atoms with Gasteiger partial charge in [-0.3, -0.25) is 0 Å². The molecule has 1 saturated carbocycles. The Balaban J connectivity index is 2.41. The van der Waals surface area contributed by atoms with E-state index in [2.05, 4.69) is 18.6 Å². The van der Waals surface area contributed by atoms with Crippen LogP contribution in [-0.2, 0) is 10.0 Å². The van der Waals surface area contributed by atoms with E-state index in [-0.39, 0.29) is 18.4 Å². The minimum atomic E-state index is -3.15. The van der Waals surface area contributed by atoms with Crippen molar-refractivity contribution in [1.82, 2.24) is 4.72 Å². The number of sulfonamides is 1. The first-order valence-electron chi connectivity index (χ1n) is 6.07. The lowest BCUT2D eigenvalue weighted by atomic mass is 9.98. The molecule has 0 amide bonds. The van der Waals surface area contributed by atoms with Crippen molar-refractivity contribution in [3.05, 3.63) is 0 Å². The average molecular weight is 249 g/mol. The molecule has 0 radical (unpaired) electrons. The Bertz CT molecular complexity index is 302. The Morgan fingerprint density at radius 2 is 1.94 bits per heavy atom. The van der Waals surface area contributed by atoms with E-state index in [1.807, 2.05) is 0 Å². The second-order valence-electron chi connectivity index (χ2n) is 4.89. The van der Waals surface area contributed by atoms with Crippen LogP contribution in [0.3, 0.4) is 0 Å². The van der Waals surface area contributed by atoms with Crippen molar-refractivity contribution in [3.8, 4) is 0 Å². The fraction of sp³-hybridized carbons (Fsp3) is 1.00. The Morgan fingerprint density at radius 1 is 1.25 bits per heavy atom. The summed E-state index contributed by atoms with van der Waals surface area (Å²) in [7, 11) is -3.15. The lowest BCUT2D eigenvalue weighted by Crippen LogP contribution is -2.38. The van der Waals surface area contributed by atoms with E-state index in [9.17, 15) is 8.42 Å². The van der Waals surface area contributed by atoms with E-state index >= 15 is 0 Å². The molecule has 3 unspecified atom stereocenters. The molecular weight excluding hydrogens is 226 g/mol. The van der Waals surface area contributed by atoms with Gasteiger partial charge in [-0.2, -0.15) is 0 Å². The van der Waals surface area contributed by atoms with Gasteiger partial charge in [-0.05, 0) is 37.5 Å². The third kappa shape index (κ3) is 4.03. The quantitative estimate of drug-likeness (QED) is 0.693. The average Bonchev–Trinajstić information content (AvgIpc) is 2.49. The maximum atomic E-state index is 11.7. The third-order valence-electron chi connectivity index (χ3n) is 3.62. The van der Waals surface area contributed by atoms with Crippen LogP contribution in [0.1, 0.15) is 39.5 Å². The fourth-order valence-corrected chi connectivity index (χ4v) is 3.72. The summed E-state index contributed by atoms with van der Waals surface area (Å²) in [5, 5.41) is 8.61. The van der Waals surface area contributed by atoms with E-state index in [0.717, 1.165) is 12.8 Å². The van der Waals surface area contributed by atoms with E-state index in [0.29, 0.717) is 24.7 Å². The lowest BCUT2D eigenvalue weighted by molar-refractivity contribution is 0.287. The summed E-state index contributed by atoms with van der Waals surface area (Å²) in [5.74, 6) is 1.16. The van der Waals surface area contributed by atoms with Crippen molar-refractivity contribution in [2.75, 3.05) is 12.4 Å². The number of hydrogen-bond donors (Lipinski definition) is 2. The Kier molecular flexibility index (Phi) is 5.21. The molecule has 0 bridgehead atoms. The normalized spacial score (nSPS) is 30.8. The van der Waals surface area contributed by atoms with Gasteiger partial charge < -0.3 is 5.11 Å². The van der Waals surface area contributed by atoms with Gasteiger partial charge in [0.25, 0.3) is 0 Å². The molecule has 0 heterocycles. The molecule has 0 aliphatic heterocycles. The highest BCUT2D eigenvalue weighted by molar-refractivity contribution is 7.89. The number of hydrogen-bond acceptors (Lipinski definition) is 3. The third-order valence-corrected chi connectivity index (χ3v) is 5.11. The highest BCUT2D eigenvalue weighted by Crippen LogP contribution is 2.31. The van der Waals surface area contributed by atoms with Crippen LogP contribution in [0.4, 0.5) is 0 Å². The van der Waals surface area contributed by atoms with Gasteiger partial charge >= 0.3 is 0 Å². The van der Waals surface area contributed by atoms with Gasteiger partial charge in [-0.15, -0.1) is 0 Å². The molecule has 3 atom stereocenters. The van der Waals surface area contributed by atoms with E-state index in [4.69, 9.17) is 5.11 Å². The first-order valence-corrected chi connectivity index (χ1v) is 7.72. The first kappa shape index (κ1) is 13.9. The van der Waals surface area contributed by atoms with Crippen molar-refractivity contribution in [1.29, 1.82) is 0 Å². The predicted molar refractivity (Wildman–Crippen MR) is 64.6 cm³/mol. The van der Waals surface area contributed by atoms with Gasteiger partial charge in [0.05, 0.1) is 5.75 Å². The Hall–Kier alpha value is -0.130. The number of rotatable bonds is 6. The predicted octanol–water partition coefficient (Wildman–Crippen LogP) is 1.11. The molecule has 1 aliphatic rings. The van der Waals surface area contributed by atoms with Gasteiger partial charge in [0.2, 0.25) is 10.0 Å². The molecule has 16 heavy (non-hydrogen) atoms. The number of aliphatic hydroxyl groups excluding tert-OH is 1. The summed E-state index contributed by atoms with van der Waals surface area (Å²) < 4.78 is 26.2. The Labute approximate surface area is 98.5 Å². The maximum Gasteiger partial charge on any atom is 0.211 e. The molecule has 0 aromatic carbocycles. The second-order valence-corrected chi connectivity index (χ2v) is 6.76. The van der Waals surface area contributed by atoms with Crippen molar-refractivity contribution in [3.63, 3.8) is 0 Å². The van der Waals surface area contributed by atoms with Crippen LogP contribution < -0.4 is 4.72 Å². The highest BCUT2D eigenvalue weighted by atomic mass is 32.2. The van der Waals surface area contributed by atoms with Crippen molar-refractivity contribution < 1.29 is 13.5 Å². The minimum absolute atomic E-state index is 0.0619. The zero-order valence-corrected chi connectivity index (χ0v) is 11.0. The topological polar surface area (TPSA) is 66.4 Å². The number of aliphatic hydroxyl groups is 1. The van der Waals surface area contributed by atoms with Crippen LogP contribution in [0, 0.1) is 11.8 Å². The molecule has 0 saturated heterocycles. The van der Waals surface area contributed by atoms with Gasteiger partial charge in [0.1, 0.15) is 0 Å². The van der Waals surface area contributed by atoms with Crippen LogP contribution in [0.25, 0.3) is 0 Å². The highest BCUT2D eigenvalue weighted by Gasteiger charge is 2.32.